The van der Waals surface area contributed by atoms with Crippen LogP contribution < -0.4 is 21.4 Å². The van der Waals surface area contributed by atoms with Gasteiger partial charge in [0.25, 0.3) is 5.56 Å². The third kappa shape index (κ3) is 8.28. The Hall–Kier alpha value is -5.23. The molecule has 0 saturated carbocycles. The summed E-state index contributed by atoms with van der Waals surface area (Å²) in [5, 5.41) is 16.5. The maximum Gasteiger partial charge on any atom is 0.412 e. The second kappa shape index (κ2) is 14.9. The monoisotopic (exact) mass is 759 g/mol. The van der Waals surface area contributed by atoms with Gasteiger partial charge in [0, 0.05) is 29.6 Å². The molecule has 2 aliphatic heterocycles. The first kappa shape index (κ1) is 40.0. The Balaban J connectivity index is 1.59. The van der Waals surface area contributed by atoms with Crippen LogP contribution in [-0.4, -0.2) is 59.5 Å². The van der Waals surface area contributed by atoms with Crippen molar-refractivity contribution < 1.29 is 38.1 Å². The highest BCUT2D eigenvalue weighted by atomic mass is 28.3. The number of rotatable bonds is 10. The fourth-order valence-electron chi connectivity index (χ4n) is 7.07. The molecule has 0 spiro atoms. The van der Waals surface area contributed by atoms with E-state index in [2.05, 4.69) is 29.8 Å². The highest BCUT2D eigenvalue weighted by Crippen LogP contribution is 2.41. The van der Waals surface area contributed by atoms with Gasteiger partial charge in [-0.25, -0.2) is 19.4 Å². The van der Waals surface area contributed by atoms with Crippen molar-refractivity contribution >= 4 is 54.0 Å². The zero-order valence-corrected chi connectivity index (χ0v) is 33.5. The number of benzene rings is 1. The van der Waals surface area contributed by atoms with Crippen molar-refractivity contribution in [1.82, 2.24) is 14.9 Å². The highest BCUT2D eigenvalue weighted by Gasteiger charge is 2.50. The minimum Gasteiger partial charge on any atom is -0.457 e. The number of nitriles is 1. The number of unbranched alkanes of at least 4 members (excludes halogenated alkanes) is 1. The molecule has 3 aromatic rings. The fraction of sp³-hybridized carbons (Fsp3) is 0.513. The van der Waals surface area contributed by atoms with Crippen molar-refractivity contribution in [2.45, 2.75) is 123 Å². The van der Waals surface area contributed by atoms with Gasteiger partial charge in [-0.3, -0.25) is 14.9 Å². The number of nitrogens with one attached hydrogen (secondary N) is 2. The summed E-state index contributed by atoms with van der Waals surface area (Å²) in [6.45, 7) is 16.4. The summed E-state index contributed by atoms with van der Waals surface area (Å²) >= 11 is 0. The number of aromatic nitrogens is 2. The summed E-state index contributed by atoms with van der Waals surface area (Å²) in [6, 6.07) is 10.2. The minimum absolute atomic E-state index is 0.0114. The van der Waals surface area contributed by atoms with Gasteiger partial charge in [0.1, 0.15) is 17.8 Å². The number of ether oxygens (including phenoxy) is 4. The van der Waals surface area contributed by atoms with E-state index in [0.717, 1.165) is 22.2 Å². The van der Waals surface area contributed by atoms with Crippen LogP contribution in [0.3, 0.4) is 0 Å². The number of cyclic esters (lactones) is 1. The molecule has 2 aromatic heterocycles. The second-order valence-electron chi connectivity index (χ2n) is 16.3. The van der Waals surface area contributed by atoms with E-state index in [1.807, 2.05) is 12.1 Å². The number of amides is 2. The number of hydrogen-bond acceptors (Lipinski definition) is 11. The fourth-order valence-corrected chi connectivity index (χ4v) is 10.3. The average molecular weight is 760 g/mol. The second-order valence-corrected chi connectivity index (χ2v) is 21.1. The van der Waals surface area contributed by atoms with Gasteiger partial charge in [-0.05, 0) is 89.4 Å². The van der Waals surface area contributed by atoms with Crippen LogP contribution in [0.25, 0.3) is 22.3 Å². The van der Waals surface area contributed by atoms with Crippen LogP contribution in [0.4, 0.5) is 15.3 Å². The SMILES string of the molecule is CC[C@@]1(OC(=O)CCNC(=O)OC(C)(C)C)C(=O)OCc2c1cc1n(c2=O)Cc2c-1nc1ccc(NC(=O)OC(C)(C)C)cc1c2[Si](C)(C)CCCC#N. The number of nitrogens with zero attached hydrogens (tertiary/aromatic N) is 3. The number of anilines is 1. The third-order valence-electron chi connectivity index (χ3n) is 9.35. The molecule has 1 aromatic carbocycles. The Morgan fingerprint density at radius 3 is 2.37 bits per heavy atom. The van der Waals surface area contributed by atoms with Crippen molar-refractivity contribution in [1.29, 1.82) is 5.26 Å². The van der Waals surface area contributed by atoms with Crippen molar-refractivity contribution in [3.05, 3.63) is 51.3 Å². The van der Waals surface area contributed by atoms with E-state index < -0.39 is 49.0 Å². The van der Waals surface area contributed by atoms with Crippen LogP contribution in [0.5, 0.6) is 0 Å². The smallest absolute Gasteiger partial charge is 0.412 e. The molecule has 0 bridgehead atoms. The van der Waals surface area contributed by atoms with Crippen LogP contribution in [-0.2, 0) is 47.3 Å². The van der Waals surface area contributed by atoms with Crippen molar-refractivity contribution in [3.63, 3.8) is 0 Å². The van der Waals surface area contributed by atoms with Gasteiger partial charge in [0.15, 0.2) is 0 Å². The zero-order valence-electron chi connectivity index (χ0n) is 32.5. The Kier molecular flexibility index (Phi) is 11.0. The molecule has 15 heteroatoms. The zero-order chi connectivity index (χ0) is 39.8. The predicted molar refractivity (Wildman–Crippen MR) is 204 cm³/mol. The van der Waals surface area contributed by atoms with Gasteiger partial charge in [-0.1, -0.05) is 26.1 Å². The molecule has 2 aliphatic rings. The summed E-state index contributed by atoms with van der Waals surface area (Å²) in [4.78, 5) is 71.0. The van der Waals surface area contributed by atoms with Crippen molar-refractivity contribution in [2.24, 2.45) is 0 Å². The van der Waals surface area contributed by atoms with Gasteiger partial charge in [-0.15, -0.1) is 0 Å². The highest BCUT2D eigenvalue weighted by molar-refractivity contribution is 6.91. The van der Waals surface area contributed by atoms with E-state index in [-0.39, 0.29) is 49.2 Å². The Morgan fingerprint density at radius 1 is 1.04 bits per heavy atom. The number of carbonyl (C=O) groups excluding carboxylic acids is 4. The molecule has 0 unspecified atom stereocenters. The molecule has 4 heterocycles. The molecule has 2 amide bonds. The van der Waals surface area contributed by atoms with Crippen LogP contribution >= 0.6 is 0 Å². The normalized spacial score (nSPS) is 16.3. The maximum atomic E-state index is 14.3. The summed E-state index contributed by atoms with van der Waals surface area (Å²) in [5.41, 5.74) is -0.195. The van der Waals surface area contributed by atoms with Crippen molar-refractivity contribution in [3.8, 4) is 17.5 Å². The number of carbonyl (C=O) groups is 4. The van der Waals surface area contributed by atoms with Crippen LogP contribution in [0.1, 0.15) is 90.8 Å². The predicted octanol–water partition coefficient (Wildman–Crippen LogP) is 6.11. The lowest BCUT2D eigenvalue weighted by Gasteiger charge is -2.35. The standard InChI is InChI=1S/C39H49N5O9Si/c1-10-39(51-30(45)15-17-41-35(48)52-37(2,3)4)27-20-29-31-25(21-44(29)33(46)26(27)22-50-34(39)47)32(54(8,9)18-12-11-16-40)24-19-23(13-14-28(24)43-31)42-36(49)53-38(5,6)7/h13-14,19-20H,10-12,15,17-18,21-22H2,1-9H3,(H,41,48)(H,42,49)/t39-/m0/s1. The van der Waals surface area contributed by atoms with Crippen LogP contribution in [0.15, 0.2) is 29.1 Å². The number of hydrogen-bond donors (Lipinski definition) is 2. The van der Waals surface area contributed by atoms with Gasteiger partial charge < -0.3 is 28.8 Å². The molecule has 54 heavy (non-hydrogen) atoms. The lowest BCUT2D eigenvalue weighted by atomic mass is 9.85. The molecule has 0 aliphatic carbocycles. The third-order valence-corrected chi connectivity index (χ3v) is 12.9. The van der Waals surface area contributed by atoms with Gasteiger partial charge in [0.2, 0.25) is 5.60 Å². The molecule has 1 atom stereocenters. The summed E-state index contributed by atoms with van der Waals surface area (Å²) < 4.78 is 23.7. The number of alkyl carbamates (subject to hydrolysis) is 1. The number of fused-ring (bicyclic) bond motifs is 5. The van der Waals surface area contributed by atoms with Crippen LogP contribution in [0.2, 0.25) is 19.1 Å². The van der Waals surface area contributed by atoms with Gasteiger partial charge in [0.05, 0.1) is 49.6 Å². The molecular formula is C39H49N5O9Si. The largest absolute Gasteiger partial charge is 0.457 e. The van der Waals surface area contributed by atoms with E-state index in [0.29, 0.717) is 35.4 Å². The Bertz CT molecular complexity index is 2120. The lowest BCUT2D eigenvalue weighted by molar-refractivity contribution is -0.189. The van der Waals surface area contributed by atoms with Crippen LogP contribution in [0, 0.1) is 11.3 Å². The molecule has 0 saturated heterocycles. The molecule has 5 rings (SSSR count). The number of pyridine rings is 2. The molecule has 288 valence electrons. The summed E-state index contributed by atoms with van der Waals surface area (Å²) in [5.74, 6) is -1.57. The first-order chi connectivity index (χ1) is 25.2. The lowest BCUT2D eigenvalue weighted by Crippen LogP contribution is -2.47. The molecule has 2 N–H and O–H groups in total. The first-order valence-corrected chi connectivity index (χ1v) is 21.4. The average Bonchev–Trinajstić information content (AvgIpc) is 3.41. The quantitative estimate of drug-likeness (QED) is 0.0822. The summed E-state index contributed by atoms with van der Waals surface area (Å²) in [6.07, 6.45) is -0.461. The Morgan fingerprint density at radius 2 is 1.72 bits per heavy atom. The number of esters is 2. The van der Waals surface area contributed by atoms with E-state index in [4.69, 9.17) is 23.9 Å². The van der Waals surface area contributed by atoms with E-state index >= 15 is 0 Å². The molecule has 0 fully saturated rings. The first-order valence-electron chi connectivity index (χ1n) is 18.2. The molecule has 0 radical (unpaired) electrons. The van der Waals surface area contributed by atoms with Gasteiger partial charge in [-0.2, -0.15) is 5.26 Å². The minimum atomic E-state index is -2.37. The van der Waals surface area contributed by atoms with E-state index in [9.17, 15) is 29.2 Å². The van der Waals surface area contributed by atoms with E-state index in [1.165, 1.54) is 0 Å². The van der Waals surface area contributed by atoms with E-state index in [1.54, 1.807) is 65.2 Å². The Labute approximate surface area is 315 Å². The topological polar surface area (TPSA) is 188 Å². The summed E-state index contributed by atoms with van der Waals surface area (Å²) in [7, 11) is -2.37. The van der Waals surface area contributed by atoms with Gasteiger partial charge >= 0.3 is 24.1 Å². The molecular weight excluding hydrogens is 711 g/mol. The molecule has 14 nitrogen and oxygen atoms in total. The van der Waals surface area contributed by atoms with Crippen molar-refractivity contribution in [2.75, 3.05) is 11.9 Å². The maximum absolute atomic E-state index is 14.3.